The molecule has 0 spiro atoms. The summed E-state index contributed by atoms with van der Waals surface area (Å²) in [6, 6.07) is -5.88. The first-order valence-corrected chi connectivity index (χ1v) is 10.2. The second-order valence-electron chi connectivity index (χ2n) is 7.63. The molecule has 0 radical (unpaired) electrons. The smallest absolute Gasteiger partial charge is 0.326 e. The van der Waals surface area contributed by atoms with Crippen LogP contribution in [0.3, 0.4) is 0 Å². The lowest BCUT2D eigenvalue weighted by atomic mass is 9.97. The lowest BCUT2D eigenvalue weighted by Crippen LogP contribution is -2.59. The molecule has 0 aliphatic rings. The number of amides is 3. The Labute approximate surface area is 189 Å². The van der Waals surface area contributed by atoms with Crippen molar-refractivity contribution in [2.45, 2.75) is 76.7 Å². The summed E-state index contributed by atoms with van der Waals surface area (Å²) in [6.45, 7) is 4.51. The van der Waals surface area contributed by atoms with Gasteiger partial charge in [-0.2, -0.15) is 0 Å². The molecule has 6 unspecified atom stereocenters. The number of hydrogen-bond acceptors (Lipinski definition) is 8. The largest absolute Gasteiger partial charge is 0.481 e. The molecule has 0 rings (SSSR count). The van der Waals surface area contributed by atoms with E-state index in [4.69, 9.17) is 21.1 Å². The van der Waals surface area contributed by atoms with Gasteiger partial charge < -0.3 is 42.1 Å². The monoisotopic (exact) mass is 476 g/mol. The van der Waals surface area contributed by atoms with Gasteiger partial charge in [0, 0.05) is 6.42 Å². The number of aliphatic carboxylic acids is 3. The zero-order chi connectivity index (χ0) is 25.9. The van der Waals surface area contributed by atoms with Gasteiger partial charge in [0.25, 0.3) is 0 Å². The number of aliphatic hydroxyl groups is 1. The maximum atomic E-state index is 12.8. The van der Waals surface area contributed by atoms with Crippen LogP contribution in [0.4, 0.5) is 0 Å². The minimum Gasteiger partial charge on any atom is -0.481 e. The van der Waals surface area contributed by atoms with E-state index in [1.165, 1.54) is 6.92 Å². The average Bonchev–Trinajstić information content (AvgIpc) is 2.71. The normalized spacial score (nSPS) is 16.3. The van der Waals surface area contributed by atoms with Gasteiger partial charge in [-0.3, -0.25) is 24.0 Å². The van der Waals surface area contributed by atoms with Crippen LogP contribution >= 0.6 is 0 Å². The summed E-state index contributed by atoms with van der Waals surface area (Å²) in [5.74, 6) is -7.66. The van der Waals surface area contributed by atoms with Crippen molar-refractivity contribution in [1.29, 1.82) is 0 Å². The highest BCUT2D eigenvalue weighted by atomic mass is 16.4. The third-order valence-electron chi connectivity index (χ3n) is 4.89. The molecule has 33 heavy (non-hydrogen) atoms. The van der Waals surface area contributed by atoms with E-state index in [1.54, 1.807) is 13.8 Å². The highest BCUT2D eigenvalue weighted by Crippen LogP contribution is 2.10. The number of nitrogens with two attached hydrogens (primary N) is 1. The van der Waals surface area contributed by atoms with E-state index >= 15 is 0 Å². The second kappa shape index (κ2) is 14.0. The van der Waals surface area contributed by atoms with Crippen LogP contribution < -0.4 is 21.7 Å². The van der Waals surface area contributed by atoms with E-state index in [9.17, 15) is 33.9 Å². The molecule has 3 amide bonds. The van der Waals surface area contributed by atoms with Crippen LogP contribution in [0, 0.1) is 5.92 Å². The van der Waals surface area contributed by atoms with Gasteiger partial charge in [0.15, 0.2) is 0 Å². The number of carbonyl (C=O) groups is 6. The topological polar surface area (TPSA) is 245 Å². The van der Waals surface area contributed by atoms with Gasteiger partial charge in [-0.05, 0) is 19.3 Å². The zero-order valence-corrected chi connectivity index (χ0v) is 18.6. The van der Waals surface area contributed by atoms with Crippen molar-refractivity contribution in [3.63, 3.8) is 0 Å². The van der Waals surface area contributed by atoms with E-state index in [-0.39, 0.29) is 6.42 Å². The molecule has 0 aromatic carbocycles. The molecule has 0 aliphatic heterocycles. The standard InChI is InChI=1S/C19H32N4O10/c1-4-8(2)15(18(31)22-11(19(32)33)7-13(27)28)23-16(29)10(5-6-12(25)26)21-17(30)14(20)9(3)24/h8-11,14-15,24H,4-7,20H2,1-3H3,(H,21,30)(H,22,31)(H,23,29)(H,25,26)(H,27,28)(H,32,33). The summed E-state index contributed by atoms with van der Waals surface area (Å²) in [4.78, 5) is 70.7. The van der Waals surface area contributed by atoms with Crippen molar-refractivity contribution in [3.05, 3.63) is 0 Å². The van der Waals surface area contributed by atoms with Crippen LogP contribution in [0.15, 0.2) is 0 Å². The Morgan fingerprint density at radius 3 is 1.79 bits per heavy atom. The Balaban J connectivity index is 5.65. The van der Waals surface area contributed by atoms with Crippen molar-refractivity contribution in [1.82, 2.24) is 16.0 Å². The van der Waals surface area contributed by atoms with Crippen LogP contribution in [0.25, 0.3) is 0 Å². The maximum Gasteiger partial charge on any atom is 0.326 e. The van der Waals surface area contributed by atoms with Crippen molar-refractivity contribution in [2.75, 3.05) is 0 Å². The Kier molecular flexibility index (Phi) is 12.6. The van der Waals surface area contributed by atoms with Gasteiger partial charge >= 0.3 is 17.9 Å². The number of hydrogen-bond donors (Lipinski definition) is 8. The van der Waals surface area contributed by atoms with Crippen LogP contribution in [-0.4, -0.2) is 86.3 Å². The maximum absolute atomic E-state index is 12.8. The molecule has 0 heterocycles. The first-order valence-electron chi connectivity index (χ1n) is 10.2. The van der Waals surface area contributed by atoms with Gasteiger partial charge in [0.05, 0.1) is 12.5 Å². The Morgan fingerprint density at radius 2 is 1.36 bits per heavy atom. The Hall–Kier alpha value is -3.26. The van der Waals surface area contributed by atoms with E-state index in [2.05, 4.69) is 16.0 Å². The quantitative estimate of drug-likeness (QED) is 0.124. The number of nitrogens with one attached hydrogen (secondary N) is 3. The molecule has 0 bridgehead atoms. The average molecular weight is 476 g/mol. The van der Waals surface area contributed by atoms with Crippen molar-refractivity contribution < 1.29 is 49.2 Å². The molecule has 0 fully saturated rings. The fourth-order valence-corrected chi connectivity index (χ4v) is 2.62. The molecule has 9 N–H and O–H groups in total. The first kappa shape index (κ1) is 29.7. The molecule has 14 heteroatoms. The van der Waals surface area contributed by atoms with Crippen LogP contribution in [-0.2, 0) is 28.8 Å². The van der Waals surface area contributed by atoms with Gasteiger partial charge in [0.2, 0.25) is 17.7 Å². The van der Waals surface area contributed by atoms with E-state index < -0.39 is 84.7 Å². The fourth-order valence-electron chi connectivity index (χ4n) is 2.62. The molecule has 14 nitrogen and oxygen atoms in total. The van der Waals surface area contributed by atoms with Gasteiger partial charge in [0.1, 0.15) is 24.2 Å². The van der Waals surface area contributed by atoms with Crippen molar-refractivity contribution in [3.8, 4) is 0 Å². The molecule has 0 saturated heterocycles. The van der Waals surface area contributed by atoms with E-state index in [1.807, 2.05) is 0 Å². The number of carbonyl (C=O) groups excluding carboxylic acids is 3. The Bertz CT molecular complexity index is 742. The number of aliphatic hydroxyl groups excluding tert-OH is 1. The van der Waals surface area contributed by atoms with E-state index in [0.29, 0.717) is 6.42 Å². The summed E-state index contributed by atoms with van der Waals surface area (Å²) < 4.78 is 0. The number of carboxylic acid groups (broad SMARTS) is 3. The molecule has 0 aromatic rings. The van der Waals surface area contributed by atoms with Gasteiger partial charge in [-0.25, -0.2) is 4.79 Å². The first-order chi connectivity index (χ1) is 15.2. The molecule has 0 aromatic heterocycles. The van der Waals surface area contributed by atoms with Crippen LogP contribution in [0.2, 0.25) is 0 Å². The zero-order valence-electron chi connectivity index (χ0n) is 18.6. The summed E-state index contributed by atoms with van der Waals surface area (Å²) in [6.07, 6.45) is -2.66. The predicted molar refractivity (Wildman–Crippen MR) is 112 cm³/mol. The predicted octanol–water partition coefficient (Wildman–Crippen LogP) is -2.38. The van der Waals surface area contributed by atoms with Gasteiger partial charge in [-0.15, -0.1) is 0 Å². The molecule has 0 saturated carbocycles. The third-order valence-corrected chi connectivity index (χ3v) is 4.89. The molecule has 6 atom stereocenters. The number of rotatable bonds is 15. The minimum atomic E-state index is -1.75. The fraction of sp³-hybridized carbons (Fsp3) is 0.684. The second-order valence-corrected chi connectivity index (χ2v) is 7.63. The minimum absolute atomic E-state index is 0.355. The van der Waals surface area contributed by atoms with Crippen molar-refractivity contribution in [2.24, 2.45) is 11.7 Å². The SMILES string of the molecule is CCC(C)C(NC(=O)C(CCC(=O)O)NC(=O)C(N)C(C)O)C(=O)NC(CC(=O)O)C(=O)O. The molecule has 0 aliphatic carbocycles. The highest BCUT2D eigenvalue weighted by molar-refractivity contribution is 5.95. The lowest BCUT2D eigenvalue weighted by Gasteiger charge is -2.28. The van der Waals surface area contributed by atoms with Crippen LogP contribution in [0.1, 0.15) is 46.5 Å². The summed E-state index contributed by atoms with van der Waals surface area (Å²) >= 11 is 0. The molecular formula is C19H32N4O10. The number of carboxylic acids is 3. The third kappa shape index (κ3) is 10.7. The van der Waals surface area contributed by atoms with E-state index in [0.717, 1.165) is 0 Å². The summed E-state index contributed by atoms with van der Waals surface area (Å²) in [5, 5.41) is 43.0. The van der Waals surface area contributed by atoms with Gasteiger partial charge in [-0.1, -0.05) is 20.3 Å². The Morgan fingerprint density at radius 1 is 0.818 bits per heavy atom. The summed E-state index contributed by atoms with van der Waals surface area (Å²) in [5.41, 5.74) is 5.53. The molecular weight excluding hydrogens is 444 g/mol. The summed E-state index contributed by atoms with van der Waals surface area (Å²) in [7, 11) is 0. The van der Waals surface area contributed by atoms with Crippen molar-refractivity contribution >= 4 is 35.6 Å². The van der Waals surface area contributed by atoms with Crippen LogP contribution in [0.5, 0.6) is 0 Å². The molecule has 188 valence electrons. The highest BCUT2D eigenvalue weighted by Gasteiger charge is 2.33. The lowest BCUT2D eigenvalue weighted by molar-refractivity contribution is -0.147.